The molecule has 0 saturated heterocycles. The van der Waals surface area contributed by atoms with Gasteiger partial charge >= 0.3 is 0 Å². The van der Waals surface area contributed by atoms with Gasteiger partial charge in [0.05, 0.1) is 18.4 Å². The second-order valence-corrected chi connectivity index (χ2v) is 7.40. The number of carbonyl (C=O) groups excluding carboxylic acids is 1. The van der Waals surface area contributed by atoms with E-state index >= 15 is 0 Å². The number of anilines is 2. The van der Waals surface area contributed by atoms with Crippen LogP contribution in [0.2, 0.25) is 0 Å². The summed E-state index contributed by atoms with van der Waals surface area (Å²) in [7, 11) is 1.54. The van der Waals surface area contributed by atoms with E-state index in [0.29, 0.717) is 52.9 Å². The van der Waals surface area contributed by atoms with E-state index in [4.69, 9.17) is 9.84 Å². The highest BCUT2D eigenvalue weighted by Crippen LogP contribution is 2.36. The van der Waals surface area contributed by atoms with Gasteiger partial charge in [0.1, 0.15) is 17.6 Å². The van der Waals surface area contributed by atoms with Crippen molar-refractivity contribution in [3.63, 3.8) is 0 Å². The van der Waals surface area contributed by atoms with Crippen LogP contribution in [0.4, 0.5) is 16.0 Å². The van der Waals surface area contributed by atoms with E-state index in [9.17, 15) is 9.18 Å². The maximum absolute atomic E-state index is 13.6. The molecule has 166 valence electrons. The van der Waals surface area contributed by atoms with E-state index in [2.05, 4.69) is 20.7 Å². The fourth-order valence-corrected chi connectivity index (χ4v) is 3.72. The van der Waals surface area contributed by atoms with Crippen molar-refractivity contribution in [2.45, 2.75) is 25.8 Å². The lowest BCUT2D eigenvalue weighted by atomic mass is 9.95. The van der Waals surface area contributed by atoms with Gasteiger partial charge in [0.25, 0.3) is 5.91 Å². The molecule has 4 rings (SSSR count). The molecule has 1 aliphatic rings. The molecular weight excluding hydrogens is 413 g/mol. The predicted molar refractivity (Wildman–Crippen MR) is 118 cm³/mol. The minimum absolute atomic E-state index is 0.0303. The van der Waals surface area contributed by atoms with Gasteiger partial charge < -0.3 is 20.5 Å². The number of para-hydroxylation sites is 2. The number of fused-ring (bicyclic) bond motifs is 1. The first-order valence-electron chi connectivity index (χ1n) is 10.3. The van der Waals surface area contributed by atoms with Gasteiger partial charge in [0.2, 0.25) is 5.95 Å². The quantitative estimate of drug-likeness (QED) is 0.524. The van der Waals surface area contributed by atoms with Gasteiger partial charge in [-0.3, -0.25) is 4.79 Å². The molecule has 1 unspecified atom stereocenters. The van der Waals surface area contributed by atoms with Crippen molar-refractivity contribution in [2.24, 2.45) is 0 Å². The van der Waals surface area contributed by atoms with E-state index in [-0.39, 0.29) is 18.3 Å². The third-order valence-electron chi connectivity index (χ3n) is 5.24. The van der Waals surface area contributed by atoms with Crippen LogP contribution in [0.1, 0.15) is 30.8 Å². The molecule has 0 aliphatic carbocycles. The first kappa shape index (κ1) is 21.5. The number of methoxy groups -OCH3 is 1. The lowest BCUT2D eigenvalue weighted by Gasteiger charge is -2.28. The maximum atomic E-state index is 13.6. The van der Waals surface area contributed by atoms with Gasteiger partial charge in [0.15, 0.2) is 5.82 Å². The number of aliphatic hydroxyl groups excluding tert-OH is 1. The summed E-state index contributed by atoms with van der Waals surface area (Å²) in [6, 6.07) is 12.5. The number of aryl methyl sites for hydroxylation is 1. The number of halogens is 1. The third-order valence-corrected chi connectivity index (χ3v) is 5.24. The van der Waals surface area contributed by atoms with Crippen molar-refractivity contribution < 1.29 is 19.0 Å². The fraction of sp³-hybridized carbons (Fsp3) is 0.261. The Balaban J connectivity index is 1.76. The van der Waals surface area contributed by atoms with E-state index < -0.39 is 6.04 Å². The molecule has 2 heterocycles. The average Bonchev–Trinajstić information content (AvgIpc) is 3.20. The van der Waals surface area contributed by atoms with E-state index in [1.807, 2.05) is 6.07 Å². The molecule has 1 amide bonds. The number of nitrogens with zero attached hydrogens (tertiary/aromatic N) is 3. The van der Waals surface area contributed by atoms with Crippen LogP contribution in [0.5, 0.6) is 5.75 Å². The summed E-state index contributed by atoms with van der Waals surface area (Å²) in [5.74, 6) is 0.859. The number of ether oxygens (including phenoxy) is 1. The van der Waals surface area contributed by atoms with Crippen LogP contribution in [0.15, 0.2) is 59.8 Å². The fourth-order valence-electron chi connectivity index (χ4n) is 3.72. The summed E-state index contributed by atoms with van der Waals surface area (Å²) in [5, 5.41) is 19.8. The van der Waals surface area contributed by atoms with E-state index in [0.717, 1.165) is 0 Å². The van der Waals surface area contributed by atoms with Crippen LogP contribution in [0, 0.1) is 5.82 Å². The van der Waals surface area contributed by atoms with E-state index in [1.165, 1.54) is 19.2 Å². The molecule has 1 aromatic heterocycles. The average molecular weight is 437 g/mol. The number of aromatic nitrogens is 3. The molecule has 1 aliphatic heterocycles. The second-order valence-electron chi connectivity index (χ2n) is 7.40. The van der Waals surface area contributed by atoms with Gasteiger partial charge in [-0.2, -0.15) is 10.1 Å². The smallest absolute Gasteiger partial charge is 0.255 e. The van der Waals surface area contributed by atoms with Gasteiger partial charge in [0, 0.05) is 18.7 Å². The molecule has 8 nitrogen and oxygen atoms in total. The Labute approximate surface area is 184 Å². The first-order chi connectivity index (χ1) is 15.5. The Morgan fingerprint density at radius 2 is 2.00 bits per heavy atom. The molecule has 0 saturated carbocycles. The number of hydrogen-bond donors (Lipinski definition) is 3. The maximum Gasteiger partial charge on any atom is 0.255 e. The normalized spacial score (nSPS) is 15.2. The summed E-state index contributed by atoms with van der Waals surface area (Å²) in [4.78, 5) is 18.0. The van der Waals surface area contributed by atoms with Crippen molar-refractivity contribution in [1.29, 1.82) is 0 Å². The molecule has 3 N–H and O–H groups in total. The van der Waals surface area contributed by atoms with Gasteiger partial charge in [-0.1, -0.05) is 24.3 Å². The molecule has 0 radical (unpaired) electrons. The largest absolute Gasteiger partial charge is 0.495 e. The second kappa shape index (κ2) is 9.19. The van der Waals surface area contributed by atoms with Crippen molar-refractivity contribution in [1.82, 2.24) is 14.8 Å². The first-order valence-corrected chi connectivity index (χ1v) is 10.3. The molecule has 0 spiro atoms. The van der Waals surface area contributed by atoms with Crippen LogP contribution in [-0.4, -0.2) is 39.5 Å². The number of amides is 1. The van der Waals surface area contributed by atoms with Crippen molar-refractivity contribution in [2.75, 3.05) is 24.4 Å². The molecule has 2 aromatic carbocycles. The van der Waals surface area contributed by atoms with E-state index in [1.54, 1.807) is 41.9 Å². The van der Waals surface area contributed by atoms with Gasteiger partial charge in [-0.15, -0.1) is 0 Å². The zero-order valence-corrected chi connectivity index (χ0v) is 17.8. The standard InChI is InChI=1S/C23H24FN5O3/c1-14-20(22(31)26-17-6-3-4-7-18(17)32-2)21(15-9-11-16(24)12-10-15)29-23(25-14)27-19(28-29)8-5-13-30/h3-4,6-7,9-12,21,30H,5,8,13H2,1-2H3,(H,26,31)(H,25,27,28). The summed E-state index contributed by atoms with van der Waals surface area (Å²) in [5.41, 5.74) is 2.26. The lowest BCUT2D eigenvalue weighted by molar-refractivity contribution is -0.113. The molecular formula is C23H24FN5O3. The summed E-state index contributed by atoms with van der Waals surface area (Å²) >= 11 is 0. The lowest BCUT2D eigenvalue weighted by Crippen LogP contribution is -2.31. The molecule has 9 heteroatoms. The number of aliphatic hydroxyl groups is 1. The van der Waals surface area contributed by atoms with Crippen LogP contribution in [0.25, 0.3) is 0 Å². The predicted octanol–water partition coefficient (Wildman–Crippen LogP) is 3.28. The minimum atomic E-state index is -0.614. The molecule has 3 aromatic rings. The van der Waals surface area contributed by atoms with Crippen molar-refractivity contribution in [3.8, 4) is 5.75 Å². The zero-order valence-electron chi connectivity index (χ0n) is 17.8. The van der Waals surface area contributed by atoms with Crippen LogP contribution < -0.4 is 15.4 Å². The Bertz CT molecular complexity index is 1160. The Morgan fingerprint density at radius 1 is 1.25 bits per heavy atom. The summed E-state index contributed by atoms with van der Waals surface area (Å²) in [6.45, 7) is 1.82. The SMILES string of the molecule is COc1ccccc1NC(=O)C1=C(C)Nc2nc(CCCO)nn2C1c1ccc(F)cc1. The number of rotatable bonds is 7. The highest BCUT2D eigenvalue weighted by molar-refractivity contribution is 6.06. The molecule has 0 bridgehead atoms. The number of nitrogens with one attached hydrogen (secondary N) is 2. The van der Waals surface area contributed by atoms with Crippen molar-refractivity contribution >= 4 is 17.5 Å². The van der Waals surface area contributed by atoms with Crippen LogP contribution in [0.3, 0.4) is 0 Å². The van der Waals surface area contributed by atoms with Crippen LogP contribution in [-0.2, 0) is 11.2 Å². The van der Waals surface area contributed by atoms with Gasteiger partial charge in [-0.25, -0.2) is 9.07 Å². The topological polar surface area (TPSA) is 101 Å². The minimum Gasteiger partial charge on any atom is -0.495 e. The highest BCUT2D eigenvalue weighted by Gasteiger charge is 2.34. The van der Waals surface area contributed by atoms with Crippen LogP contribution >= 0.6 is 0 Å². The third kappa shape index (κ3) is 4.19. The molecule has 0 fully saturated rings. The Morgan fingerprint density at radius 3 is 2.72 bits per heavy atom. The zero-order chi connectivity index (χ0) is 22.7. The summed E-state index contributed by atoms with van der Waals surface area (Å²) in [6.07, 6.45) is 1.02. The highest BCUT2D eigenvalue weighted by atomic mass is 19.1. The number of hydrogen-bond acceptors (Lipinski definition) is 6. The Hall–Kier alpha value is -3.72. The summed E-state index contributed by atoms with van der Waals surface area (Å²) < 4.78 is 20.6. The molecule has 1 atom stereocenters. The number of benzene rings is 2. The van der Waals surface area contributed by atoms with Crippen molar-refractivity contribution in [3.05, 3.63) is 77.0 Å². The number of allylic oxidation sites excluding steroid dienone is 1. The van der Waals surface area contributed by atoms with Gasteiger partial charge in [-0.05, 0) is 43.2 Å². The monoisotopic (exact) mass is 437 g/mol. The Kier molecular flexibility index (Phi) is 6.18. The molecule has 32 heavy (non-hydrogen) atoms. The number of carbonyl (C=O) groups is 1.